The van der Waals surface area contributed by atoms with Crippen LogP contribution in [0, 0.1) is 5.82 Å². The second-order valence-corrected chi connectivity index (χ2v) is 5.99. The van der Waals surface area contributed by atoms with Crippen LogP contribution in [0.25, 0.3) is 0 Å². The normalized spacial score (nSPS) is 24.7. The van der Waals surface area contributed by atoms with Gasteiger partial charge in [0.2, 0.25) is 0 Å². The molecule has 136 valence electrons. The van der Waals surface area contributed by atoms with Crippen LogP contribution < -0.4 is 5.73 Å². The van der Waals surface area contributed by atoms with Crippen molar-refractivity contribution in [2.75, 3.05) is 6.61 Å². The van der Waals surface area contributed by atoms with E-state index in [4.69, 9.17) is 20.3 Å². The van der Waals surface area contributed by atoms with Gasteiger partial charge in [0.05, 0.1) is 6.10 Å². The highest BCUT2D eigenvalue weighted by Gasteiger charge is 2.23. The molecule has 0 saturated carbocycles. The molecule has 0 aromatic heterocycles. The summed E-state index contributed by atoms with van der Waals surface area (Å²) in [6, 6.07) is 4.74. The first-order valence-corrected chi connectivity index (χ1v) is 8.44. The van der Waals surface area contributed by atoms with Crippen molar-refractivity contribution in [2.45, 2.75) is 64.2 Å². The fourth-order valence-electron chi connectivity index (χ4n) is 2.42. The number of halogens is 1. The highest BCUT2D eigenvalue weighted by molar-refractivity contribution is 5.75. The zero-order chi connectivity index (χ0) is 17.9. The van der Waals surface area contributed by atoms with Crippen molar-refractivity contribution < 1.29 is 23.8 Å². The van der Waals surface area contributed by atoms with E-state index < -0.39 is 11.9 Å². The van der Waals surface area contributed by atoms with Crippen LogP contribution in [-0.4, -0.2) is 35.9 Å². The molecule has 1 heterocycles. The molecule has 1 saturated heterocycles. The molecule has 2 rings (SSSR count). The molecule has 6 heteroatoms. The summed E-state index contributed by atoms with van der Waals surface area (Å²) in [4.78, 5) is 11.5. The Kier molecular flexibility index (Phi) is 9.34. The molecule has 0 radical (unpaired) electrons. The molecule has 0 bridgehead atoms. The van der Waals surface area contributed by atoms with Crippen molar-refractivity contribution >= 4 is 5.97 Å². The van der Waals surface area contributed by atoms with Gasteiger partial charge in [0, 0.05) is 19.1 Å². The Morgan fingerprint density at radius 3 is 2.75 bits per heavy atom. The Bertz CT molecular complexity index is 480. The van der Waals surface area contributed by atoms with E-state index in [2.05, 4.69) is 6.92 Å². The predicted octanol–water partition coefficient (Wildman–Crippen LogP) is 3.15. The van der Waals surface area contributed by atoms with Gasteiger partial charge in [0.1, 0.15) is 23.7 Å². The summed E-state index contributed by atoms with van der Waals surface area (Å²) in [6.45, 7) is 4.77. The summed E-state index contributed by atoms with van der Waals surface area (Å²) in [5.41, 5.74) is 5.71. The van der Waals surface area contributed by atoms with Crippen molar-refractivity contribution in [3.05, 3.63) is 30.1 Å². The molecular weight excluding hydrogens is 313 g/mol. The minimum absolute atomic E-state index is 0.0370. The predicted molar refractivity (Wildman–Crippen MR) is 90.1 cm³/mol. The van der Waals surface area contributed by atoms with Crippen LogP contribution in [0.1, 0.15) is 46.0 Å². The van der Waals surface area contributed by atoms with Gasteiger partial charge in [-0.3, -0.25) is 4.79 Å². The number of phenolic OH excluding ortho intramolecular Hbond substituents is 1. The van der Waals surface area contributed by atoms with E-state index in [0.717, 1.165) is 38.4 Å². The Morgan fingerprint density at radius 2 is 2.17 bits per heavy atom. The van der Waals surface area contributed by atoms with Gasteiger partial charge in [-0.15, -0.1) is 0 Å². The summed E-state index contributed by atoms with van der Waals surface area (Å²) in [5, 5.41) is 8.57. The smallest absolute Gasteiger partial charge is 0.323 e. The van der Waals surface area contributed by atoms with Crippen molar-refractivity contribution in [3.8, 4) is 5.75 Å². The van der Waals surface area contributed by atoms with Crippen LogP contribution in [0.15, 0.2) is 24.3 Å². The van der Waals surface area contributed by atoms with Crippen LogP contribution >= 0.6 is 0 Å². The number of aromatic hydroxyl groups is 1. The number of esters is 1. The number of benzene rings is 1. The summed E-state index contributed by atoms with van der Waals surface area (Å²) < 4.78 is 23.0. The molecule has 3 N–H and O–H groups in total. The summed E-state index contributed by atoms with van der Waals surface area (Å²) in [7, 11) is 0. The van der Waals surface area contributed by atoms with Gasteiger partial charge in [-0.1, -0.05) is 13.0 Å². The minimum atomic E-state index is -0.465. The van der Waals surface area contributed by atoms with Crippen LogP contribution in [0.5, 0.6) is 5.75 Å². The van der Waals surface area contributed by atoms with E-state index in [1.807, 2.05) is 6.92 Å². The monoisotopic (exact) mass is 341 g/mol. The minimum Gasteiger partial charge on any atom is -0.508 e. The van der Waals surface area contributed by atoms with Crippen LogP contribution in [0.3, 0.4) is 0 Å². The Morgan fingerprint density at radius 1 is 1.42 bits per heavy atom. The maximum atomic E-state index is 12.0. The number of hydrogen-bond donors (Lipinski definition) is 2. The third kappa shape index (κ3) is 8.26. The number of ether oxygens (including phenoxy) is 2. The second-order valence-electron chi connectivity index (χ2n) is 5.99. The zero-order valence-electron chi connectivity index (χ0n) is 14.4. The molecule has 0 spiro atoms. The lowest BCUT2D eigenvalue weighted by atomic mass is 10.0. The molecule has 24 heavy (non-hydrogen) atoms. The molecule has 1 aromatic carbocycles. The fourth-order valence-corrected chi connectivity index (χ4v) is 2.42. The maximum absolute atomic E-state index is 12.0. The first-order valence-electron chi connectivity index (χ1n) is 8.44. The topological polar surface area (TPSA) is 81.8 Å². The number of rotatable bonds is 3. The largest absolute Gasteiger partial charge is 0.508 e. The molecule has 1 aliphatic rings. The molecule has 5 nitrogen and oxygen atoms in total. The summed E-state index contributed by atoms with van der Waals surface area (Å²) in [6.07, 6.45) is 4.48. The van der Waals surface area contributed by atoms with Crippen molar-refractivity contribution in [1.82, 2.24) is 0 Å². The van der Waals surface area contributed by atoms with E-state index >= 15 is 0 Å². The Balaban J connectivity index is 0.000000300. The third-order valence-electron chi connectivity index (χ3n) is 3.62. The number of nitrogens with two attached hydrogens (primary N) is 1. The van der Waals surface area contributed by atoms with Gasteiger partial charge in [0.25, 0.3) is 0 Å². The molecule has 0 amide bonds. The highest BCUT2D eigenvalue weighted by Crippen LogP contribution is 2.17. The van der Waals surface area contributed by atoms with Crippen molar-refractivity contribution in [3.63, 3.8) is 0 Å². The summed E-state index contributed by atoms with van der Waals surface area (Å²) >= 11 is 0. The van der Waals surface area contributed by atoms with E-state index in [0.29, 0.717) is 6.42 Å². The molecule has 1 fully saturated rings. The van der Waals surface area contributed by atoms with Crippen molar-refractivity contribution in [2.24, 2.45) is 5.73 Å². The van der Waals surface area contributed by atoms with Gasteiger partial charge in [-0.25, -0.2) is 4.39 Å². The first-order chi connectivity index (χ1) is 11.4. The van der Waals surface area contributed by atoms with Gasteiger partial charge in [-0.05, 0) is 44.7 Å². The number of cyclic esters (lactones) is 1. The molecule has 1 aromatic rings. The lowest BCUT2D eigenvalue weighted by Gasteiger charge is -2.20. The number of hydrogen-bond acceptors (Lipinski definition) is 5. The molecule has 0 aliphatic carbocycles. The van der Waals surface area contributed by atoms with Gasteiger partial charge < -0.3 is 20.3 Å². The second kappa shape index (κ2) is 11.0. The van der Waals surface area contributed by atoms with Gasteiger partial charge in [0.15, 0.2) is 0 Å². The van der Waals surface area contributed by atoms with Crippen LogP contribution in [0.4, 0.5) is 4.39 Å². The SMILES string of the molecule is CCCOC1CCC[C@H](N)C(=O)OC(C)C1.Oc1cccc(F)c1. The first kappa shape index (κ1) is 20.4. The average molecular weight is 341 g/mol. The molecular formula is C18H28FNO4. The Labute approximate surface area is 142 Å². The standard InChI is InChI=1S/C12H23NO3.C6H5FO/c1-3-7-15-10-5-4-6-11(13)12(14)16-9(2)8-10;7-5-2-1-3-6(8)4-5/h9-11H,3-8,13H2,1-2H3;1-4,8H/t9?,10?,11-;/m0./s1. The van der Waals surface area contributed by atoms with E-state index in [-0.39, 0.29) is 23.9 Å². The quantitative estimate of drug-likeness (QED) is 0.826. The highest BCUT2D eigenvalue weighted by atomic mass is 19.1. The van der Waals surface area contributed by atoms with E-state index in [1.54, 1.807) is 0 Å². The van der Waals surface area contributed by atoms with Gasteiger partial charge >= 0.3 is 5.97 Å². The zero-order valence-corrected chi connectivity index (χ0v) is 14.4. The Hall–Kier alpha value is -1.66. The van der Waals surface area contributed by atoms with Crippen LogP contribution in [-0.2, 0) is 14.3 Å². The third-order valence-corrected chi connectivity index (χ3v) is 3.62. The number of carbonyl (C=O) groups is 1. The molecule has 3 atom stereocenters. The lowest BCUT2D eigenvalue weighted by Crippen LogP contribution is -2.33. The number of phenols is 1. The van der Waals surface area contributed by atoms with E-state index in [9.17, 15) is 9.18 Å². The fraction of sp³-hybridized carbons (Fsp3) is 0.611. The average Bonchev–Trinajstić information content (AvgIpc) is 2.57. The molecule has 2 unspecified atom stereocenters. The van der Waals surface area contributed by atoms with Gasteiger partial charge in [-0.2, -0.15) is 0 Å². The lowest BCUT2D eigenvalue weighted by molar-refractivity contribution is -0.151. The molecule has 1 aliphatic heterocycles. The maximum Gasteiger partial charge on any atom is 0.323 e. The number of carbonyl (C=O) groups excluding carboxylic acids is 1. The van der Waals surface area contributed by atoms with Crippen molar-refractivity contribution in [1.29, 1.82) is 0 Å². The van der Waals surface area contributed by atoms with E-state index in [1.165, 1.54) is 18.2 Å². The summed E-state index contributed by atoms with van der Waals surface area (Å²) in [5.74, 6) is -0.723. The van der Waals surface area contributed by atoms with Crippen LogP contribution in [0.2, 0.25) is 0 Å².